The lowest BCUT2D eigenvalue weighted by Gasteiger charge is -2.21. The minimum absolute atomic E-state index is 0.0208. The number of nitrogens with one attached hydrogen (secondary N) is 1. The topological polar surface area (TPSA) is 59.8 Å². The second-order valence-electron chi connectivity index (χ2n) is 9.13. The highest BCUT2D eigenvalue weighted by atomic mass is 32.1. The third-order valence-corrected chi connectivity index (χ3v) is 8.46. The van der Waals surface area contributed by atoms with Crippen molar-refractivity contribution in [3.63, 3.8) is 0 Å². The fourth-order valence-corrected chi connectivity index (χ4v) is 6.19. The van der Waals surface area contributed by atoms with Crippen LogP contribution in [0.3, 0.4) is 0 Å². The summed E-state index contributed by atoms with van der Waals surface area (Å²) >= 11 is 3.34. The maximum absolute atomic E-state index is 13.2. The van der Waals surface area contributed by atoms with Crippen molar-refractivity contribution in [2.75, 3.05) is 6.54 Å². The van der Waals surface area contributed by atoms with E-state index in [0.717, 1.165) is 52.0 Å². The second kappa shape index (κ2) is 10.2. The molecule has 0 aliphatic heterocycles. The van der Waals surface area contributed by atoms with Crippen molar-refractivity contribution in [1.82, 2.24) is 19.9 Å². The summed E-state index contributed by atoms with van der Waals surface area (Å²) in [4.78, 5) is 23.8. The summed E-state index contributed by atoms with van der Waals surface area (Å²) in [6.07, 6.45) is 8.21. The van der Waals surface area contributed by atoms with Gasteiger partial charge in [-0.3, -0.25) is 9.78 Å². The van der Waals surface area contributed by atoms with Crippen LogP contribution in [0.2, 0.25) is 0 Å². The van der Waals surface area contributed by atoms with Crippen LogP contribution in [0.15, 0.2) is 47.3 Å². The van der Waals surface area contributed by atoms with Crippen molar-refractivity contribution in [3.8, 4) is 22.0 Å². The van der Waals surface area contributed by atoms with Gasteiger partial charge in [-0.05, 0) is 62.3 Å². The molecule has 1 fully saturated rings. The van der Waals surface area contributed by atoms with Gasteiger partial charge < -0.3 is 9.88 Å². The highest BCUT2D eigenvalue weighted by Gasteiger charge is 2.22. The second-order valence-corrected chi connectivity index (χ2v) is 11.0. The van der Waals surface area contributed by atoms with Crippen LogP contribution in [0.25, 0.3) is 22.0 Å². The molecule has 0 spiro atoms. The molecule has 5 nitrogen and oxygen atoms in total. The molecule has 0 saturated heterocycles. The summed E-state index contributed by atoms with van der Waals surface area (Å²) in [6, 6.07) is 10.3. The SMILES string of the molecule is Cc1ccc(-c2nc(-c3cc(C(=O)NCC4CCCCC4)c(C)n3Cc3cccs3)cs2)cn1. The first-order valence-corrected chi connectivity index (χ1v) is 13.7. The number of rotatable bonds is 7. The lowest BCUT2D eigenvalue weighted by Crippen LogP contribution is -2.30. The van der Waals surface area contributed by atoms with Gasteiger partial charge in [0.15, 0.2) is 0 Å². The Morgan fingerprint density at radius 3 is 2.74 bits per heavy atom. The molecule has 1 aliphatic carbocycles. The number of aromatic nitrogens is 3. The van der Waals surface area contributed by atoms with Crippen LogP contribution in [0.4, 0.5) is 0 Å². The molecule has 0 unspecified atom stereocenters. The summed E-state index contributed by atoms with van der Waals surface area (Å²) in [6.45, 7) is 5.53. The number of pyridine rings is 1. The summed E-state index contributed by atoms with van der Waals surface area (Å²) in [7, 11) is 0. The first kappa shape index (κ1) is 23.0. The quantitative estimate of drug-likeness (QED) is 0.313. The highest BCUT2D eigenvalue weighted by molar-refractivity contribution is 7.13. The van der Waals surface area contributed by atoms with Gasteiger partial charge in [0, 0.05) is 40.0 Å². The van der Waals surface area contributed by atoms with Gasteiger partial charge in [0.05, 0.1) is 23.5 Å². The summed E-state index contributed by atoms with van der Waals surface area (Å²) in [5.41, 5.74) is 5.61. The Bertz CT molecular complexity index is 1250. The molecular weight excluding hydrogens is 460 g/mol. The average Bonchev–Trinajstić information content (AvgIpc) is 3.61. The van der Waals surface area contributed by atoms with Gasteiger partial charge in [-0.25, -0.2) is 4.98 Å². The standard InChI is InChI=1S/C27H30N4OS2/c1-18-10-11-21(15-28-18)27-30-24(17-34-27)25-13-23(19(2)31(25)16-22-9-6-12-33-22)26(32)29-14-20-7-4-3-5-8-20/h6,9-13,15,17,20H,3-5,7-8,14,16H2,1-2H3,(H,29,32). The van der Waals surface area contributed by atoms with E-state index in [0.29, 0.717) is 5.92 Å². The predicted molar refractivity (Wildman–Crippen MR) is 141 cm³/mol. The first-order valence-electron chi connectivity index (χ1n) is 12.0. The summed E-state index contributed by atoms with van der Waals surface area (Å²) in [5, 5.41) is 8.33. The maximum Gasteiger partial charge on any atom is 0.253 e. The number of amides is 1. The molecule has 176 valence electrons. The van der Waals surface area contributed by atoms with E-state index in [4.69, 9.17) is 4.98 Å². The minimum atomic E-state index is 0.0208. The van der Waals surface area contributed by atoms with Crippen LogP contribution in [0.5, 0.6) is 0 Å². The van der Waals surface area contributed by atoms with Crippen LogP contribution in [-0.4, -0.2) is 27.0 Å². The lowest BCUT2D eigenvalue weighted by atomic mass is 9.89. The monoisotopic (exact) mass is 490 g/mol. The van der Waals surface area contributed by atoms with Crippen LogP contribution in [0, 0.1) is 19.8 Å². The van der Waals surface area contributed by atoms with Crippen molar-refractivity contribution in [1.29, 1.82) is 0 Å². The number of nitrogens with zero attached hydrogens (tertiary/aromatic N) is 3. The molecule has 0 aromatic carbocycles. The molecule has 1 amide bonds. The van der Waals surface area contributed by atoms with E-state index in [9.17, 15) is 4.79 Å². The normalized spacial score (nSPS) is 14.4. The van der Waals surface area contributed by atoms with Crippen molar-refractivity contribution in [2.24, 2.45) is 5.92 Å². The molecular formula is C27H30N4OS2. The molecule has 4 aromatic rings. The van der Waals surface area contributed by atoms with Gasteiger partial charge in [0.25, 0.3) is 5.91 Å². The third-order valence-electron chi connectivity index (χ3n) is 6.71. The molecule has 7 heteroatoms. The fourth-order valence-electron chi connectivity index (χ4n) is 4.69. The van der Waals surface area contributed by atoms with Crippen molar-refractivity contribution in [3.05, 3.63) is 69.1 Å². The lowest BCUT2D eigenvalue weighted by molar-refractivity contribution is 0.0943. The van der Waals surface area contributed by atoms with Gasteiger partial charge in [-0.1, -0.05) is 25.3 Å². The fraction of sp³-hybridized carbons (Fsp3) is 0.370. The largest absolute Gasteiger partial charge is 0.352 e. The molecule has 1 saturated carbocycles. The molecule has 5 rings (SSSR count). The van der Waals surface area contributed by atoms with Crippen molar-refractivity contribution >= 4 is 28.6 Å². The Morgan fingerprint density at radius 2 is 2.00 bits per heavy atom. The maximum atomic E-state index is 13.2. The molecule has 1 aliphatic rings. The zero-order valence-corrected chi connectivity index (χ0v) is 21.3. The van der Waals surface area contributed by atoms with Gasteiger partial charge >= 0.3 is 0 Å². The van der Waals surface area contributed by atoms with Gasteiger partial charge in [0.2, 0.25) is 0 Å². The number of thiazole rings is 1. The zero-order chi connectivity index (χ0) is 23.5. The zero-order valence-electron chi connectivity index (χ0n) is 19.7. The number of aryl methyl sites for hydroxylation is 1. The van der Waals surface area contributed by atoms with Crippen molar-refractivity contribution in [2.45, 2.75) is 52.5 Å². The number of carbonyl (C=O) groups is 1. The number of carbonyl (C=O) groups excluding carboxylic acids is 1. The van der Waals surface area contributed by atoms with E-state index in [2.05, 4.69) is 43.8 Å². The Kier molecular flexibility index (Phi) is 6.92. The molecule has 4 aromatic heterocycles. The Morgan fingerprint density at radius 1 is 1.15 bits per heavy atom. The van der Waals surface area contributed by atoms with Gasteiger partial charge in [-0.2, -0.15) is 0 Å². The molecule has 0 bridgehead atoms. The molecule has 4 heterocycles. The first-order chi connectivity index (χ1) is 16.6. The average molecular weight is 491 g/mol. The Balaban J connectivity index is 1.44. The smallest absolute Gasteiger partial charge is 0.253 e. The Hall–Kier alpha value is -2.77. The summed E-state index contributed by atoms with van der Waals surface area (Å²) < 4.78 is 2.23. The van der Waals surface area contributed by atoms with E-state index < -0.39 is 0 Å². The van der Waals surface area contributed by atoms with Crippen molar-refractivity contribution < 1.29 is 4.79 Å². The molecule has 0 radical (unpaired) electrons. The molecule has 1 N–H and O–H groups in total. The number of hydrogen-bond donors (Lipinski definition) is 1. The van der Waals surface area contributed by atoms with Gasteiger partial charge in [0.1, 0.15) is 5.01 Å². The van der Waals surface area contributed by atoms with Crippen LogP contribution < -0.4 is 5.32 Å². The van der Waals surface area contributed by atoms with E-state index in [1.54, 1.807) is 22.7 Å². The molecule has 0 atom stereocenters. The minimum Gasteiger partial charge on any atom is -0.352 e. The van der Waals surface area contributed by atoms with Gasteiger partial charge in [-0.15, -0.1) is 22.7 Å². The van der Waals surface area contributed by atoms with Crippen LogP contribution in [-0.2, 0) is 6.54 Å². The number of thiophene rings is 1. The Labute approximate surface area is 208 Å². The number of hydrogen-bond acceptors (Lipinski definition) is 5. The van der Waals surface area contributed by atoms with E-state index in [1.807, 2.05) is 32.2 Å². The van der Waals surface area contributed by atoms with Crippen LogP contribution in [0.1, 0.15) is 58.7 Å². The molecule has 34 heavy (non-hydrogen) atoms. The van der Waals surface area contributed by atoms with E-state index in [-0.39, 0.29) is 5.91 Å². The van der Waals surface area contributed by atoms with E-state index >= 15 is 0 Å². The highest BCUT2D eigenvalue weighted by Crippen LogP contribution is 2.32. The van der Waals surface area contributed by atoms with Crippen LogP contribution >= 0.6 is 22.7 Å². The summed E-state index contributed by atoms with van der Waals surface area (Å²) in [5.74, 6) is 0.627. The predicted octanol–water partition coefficient (Wildman–Crippen LogP) is 6.71. The third kappa shape index (κ3) is 5.00. The van der Waals surface area contributed by atoms with E-state index in [1.165, 1.54) is 37.0 Å².